The molecule has 0 aliphatic carbocycles. The Kier molecular flexibility index (Phi) is 4.32. The minimum Gasteiger partial charge on any atom is -0.379 e. The zero-order valence-corrected chi connectivity index (χ0v) is 11.9. The number of nitrogens with zero attached hydrogens (tertiary/aromatic N) is 2. The van der Waals surface area contributed by atoms with Crippen LogP contribution in [0.4, 0.5) is 0 Å². The summed E-state index contributed by atoms with van der Waals surface area (Å²) in [6.07, 6.45) is 1.66. The summed E-state index contributed by atoms with van der Waals surface area (Å²) in [7, 11) is -3.41. The molecule has 1 fully saturated rings. The van der Waals surface area contributed by atoms with Crippen molar-refractivity contribution in [2.75, 3.05) is 26.3 Å². The van der Waals surface area contributed by atoms with Crippen LogP contribution >= 0.6 is 11.6 Å². The molecule has 1 aromatic heterocycles. The molecule has 0 aromatic carbocycles. The SMILES string of the molecule is CCn1cc(S(=O)(=O)N2CCOCC2)cc1CCl. The predicted molar refractivity (Wildman–Crippen MR) is 69.2 cm³/mol. The van der Waals surface area contributed by atoms with Gasteiger partial charge in [0.2, 0.25) is 10.0 Å². The van der Waals surface area contributed by atoms with E-state index in [9.17, 15) is 8.42 Å². The van der Waals surface area contributed by atoms with Crippen LogP contribution in [0.3, 0.4) is 0 Å². The number of ether oxygens (including phenoxy) is 1. The number of rotatable bonds is 4. The fourth-order valence-electron chi connectivity index (χ4n) is 2.01. The summed E-state index contributed by atoms with van der Waals surface area (Å²) in [5, 5.41) is 0. The number of halogens is 1. The van der Waals surface area contributed by atoms with Crippen molar-refractivity contribution in [1.29, 1.82) is 0 Å². The summed E-state index contributed by atoms with van der Waals surface area (Å²) in [5.74, 6) is 0.312. The van der Waals surface area contributed by atoms with Crippen molar-refractivity contribution in [3.63, 3.8) is 0 Å². The molecule has 1 aliphatic rings. The molecule has 0 amide bonds. The average Bonchev–Trinajstić information content (AvgIpc) is 2.83. The standard InChI is InChI=1S/C11H17ClN2O3S/c1-2-13-9-11(7-10(13)8-12)18(15,16)14-3-5-17-6-4-14/h7,9H,2-6,8H2,1H3. The quantitative estimate of drug-likeness (QED) is 0.785. The van der Waals surface area contributed by atoms with Crippen LogP contribution in [0.25, 0.3) is 0 Å². The molecule has 0 radical (unpaired) electrons. The van der Waals surface area contributed by atoms with E-state index in [0.29, 0.717) is 43.6 Å². The highest BCUT2D eigenvalue weighted by Crippen LogP contribution is 2.21. The van der Waals surface area contributed by atoms with Crippen LogP contribution in [-0.4, -0.2) is 43.6 Å². The fourth-order valence-corrected chi connectivity index (χ4v) is 3.71. The molecule has 5 nitrogen and oxygen atoms in total. The Morgan fingerprint density at radius 1 is 1.39 bits per heavy atom. The predicted octanol–water partition coefficient (Wildman–Crippen LogP) is 1.27. The Morgan fingerprint density at radius 2 is 2.06 bits per heavy atom. The first-order valence-electron chi connectivity index (χ1n) is 5.92. The first kappa shape index (κ1) is 13.9. The Bertz CT molecular complexity index is 485. The monoisotopic (exact) mass is 292 g/mol. The number of alkyl halides is 1. The van der Waals surface area contributed by atoms with Gasteiger partial charge in [0.25, 0.3) is 0 Å². The molecule has 0 unspecified atom stereocenters. The lowest BCUT2D eigenvalue weighted by atomic mass is 10.5. The van der Waals surface area contributed by atoms with Gasteiger partial charge in [0, 0.05) is 31.5 Å². The van der Waals surface area contributed by atoms with Crippen molar-refractivity contribution in [3.8, 4) is 0 Å². The van der Waals surface area contributed by atoms with Crippen LogP contribution in [0.1, 0.15) is 12.6 Å². The second-order valence-electron chi connectivity index (χ2n) is 4.10. The molecule has 0 spiro atoms. The average molecular weight is 293 g/mol. The molecule has 0 N–H and O–H groups in total. The number of aromatic nitrogens is 1. The van der Waals surface area contributed by atoms with E-state index in [1.807, 2.05) is 11.5 Å². The number of hydrogen-bond donors (Lipinski definition) is 0. The number of sulfonamides is 1. The van der Waals surface area contributed by atoms with Crippen molar-refractivity contribution in [3.05, 3.63) is 18.0 Å². The Labute approximate surface area is 112 Å². The second kappa shape index (κ2) is 5.61. The molecule has 2 rings (SSSR count). The van der Waals surface area contributed by atoms with E-state index >= 15 is 0 Å². The van der Waals surface area contributed by atoms with Crippen molar-refractivity contribution in [2.24, 2.45) is 0 Å². The molecule has 0 bridgehead atoms. The summed E-state index contributed by atoms with van der Waals surface area (Å²) < 4.78 is 33.3. The third kappa shape index (κ3) is 2.56. The van der Waals surface area contributed by atoms with Crippen molar-refractivity contribution in [2.45, 2.75) is 24.2 Å². The molecule has 0 atom stereocenters. The van der Waals surface area contributed by atoms with Gasteiger partial charge >= 0.3 is 0 Å². The fraction of sp³-hybridized carbons (Fsp3) is 0.636. The van der Waals surface area contributed by atoms with E-state index in [4.69, 9.17) is 16.3 Å². The van der Waals surface area contributed by atoms with E-state index in [0.717, 1.165) is 5.69 Å². The molecule has 0 saturated carbocycles. The van der Waals surface area contributed by atoms with Gasteiger partial charge in [-0.3, -0.25) is 0 Å². The van der Waals surface area contributed by atoms with Crippen LogP contribution in [0.15, 0.2) is 17.2 Å². The lowest BCUT2D eigenvalue weighted by molar-refractivity contribution is 0.0730. The molecule has 7 heteroatoms. The van der Waals surface area contributed by atoms with Gasteiger partial charge < -0.3 is 9.30 Å². The zero-order chi connectivity index (χ0) is 13.2. The van der Waals surface area contributed by atoms with Gasteiger partial charge in [0.15, 0.2) is 0 Å². The third-order valence-electron chi connectivity index (χ3n) is 3.05. The smallest absolute Gasteiger partial charge is 0.244 e. The lowest BCUT2D eigenvalue weighted by Gasteiger charge is -2.25. The number of morpholine rings is 1. The van der Waals surface area contributed by atoms with Crippen LogP contribution in [0.5, 0.6) is 0 Å². The van der Waals surface area contributed by atoms with Gasteiger partial charge in [-0.15, -0.1) is 11.6 Å². The zero-order valence-electron chi connectivity index (χ0n) is 10.3. The van der Waals surface area contributed by atoms with Gasteiger partial charge in [-0.2, -0.15) is 4.31 Å². The third-order valence-corrected chi connectivity index (χ3v) is 5.18. The highest BCUT2D eigenvalue weighted by molar-refractivity contribution is 7.89. The normalized spacial score (nSPS) is 18.1. The van der Waals surface area contributed by atoms with Crippen LogP contribution < -0.4 is 0 Å². The van der Waals surface area contributed by atoms with Crippen LogP contribution in [0, 0.1) is 0 Å². The Morgan fingerprint density at radius 3 is 2.56 bits per heavy atom. The first-order chi connectivity index (χ1) is 8.59. The molecule has 102 valence electrons. The molecule has 1 aliphatic heterocycles. The summed E-state index contributed by atoms with van der Waals surface area (Å²) >= 11 is 5.81. The minimum absolute atomic E-state index is 0.312. The second-order valence-corrected chi connectivity index (χ2v) is 6.31. The molecule has 1 saturated heterocycles. The van der Waals surface area contributed by atoms with Crippen molar-refractivity contribution in [1.82, 2.24) is 8.87 Å². The van der Waals surface area contributed by atoms with E-state index in [-0.39, 0.29) is 0 Å². The van der Waals surface area contributed by atoms with Crippen LogP contribution in [-0.2, 0) is 27.2 Å². The molecule has 2 heterocycles. The van der Waals surface area contributed by atoms with Crippen molar-refractivity contribution >= 4 is 21.6 Å². The summed E-state index contributed by atoms with van der Waals surface area (Å²) in [6, 6.07) is 1.65. The topological polar surface area (TPSA) is 51.5 Å². The summed E-state index contributed by atoms with van der Waals surface area (Å²) in [5.41, 5.74) is 0.825. The molecule has 18 heavy (non-hydrogen) atoms. The highest BCUT2D eigenvalue weighted by Gasteiger charge is 2.27. The van der Waals surface area contributed by atoms with Crippen molar-refractivity contribution < 1.29 is 13.2 Å². The molecular formula is C11H17ClN2O3S. The molecule has 1 aromatic rings. The Hall–Kier alpha value is -0.560. The van der Waals surface area contributed by atoms with E-state index in [1.165, 1.54) is 4.31 Å². The van der Waals surface area contributed by atoms with Gasteiger partial charge in [0.05, 0.1) is 19.1 Å². The first-order valence-corrected chi connectivity index (χ1v) is 7.90. The highest BCUT2D eigenvalue weighted by atomic mass is 35.5. The number of aryl methyl sites for hydroxylation is 1. The maximum atomic E-state index is 12.4. The Balaban J connectivity index is 2.31. The van der Waals surface area contributed by atoms with Crippen LogP contribution in [0.2, 0.25) is 0 Å². The summed E-state index contributed by atoms with van der Waals surface area (Å²) in [4.78, 5) is 0.321. The molecular weight excluding hydrogens is 276 g/mol. The van der Waals surface area contributed by atoms with E-state index in [1.54, 1.807) is 12.3 Å². The summed E-state index contributed by atoms with van der Waals surface area (Å²) in [6.45, 7) is 4.40. The largest absolute Gasteiger partial charge is 0.379 e. The minimum atomic E-state index is -3.41. The van der Waals surface area contributed by atoms with Gasteiger partial charge in [0.1, 0.15) is 4.90 Å². The van der Waals surface area contributed by atoms with Gasteiger partial charge in [-0.25, -0.2) is 8.42 Å². The lowest BCUT2D eigenvalue weighted by Crippen LogP contribution is -2.40. The van der Waals surface area contributed by atoms with E-state index in [2.05, 4.69) is 0 Å². The maximum absolute atomic E-state index is 12.4. The van der Waals surface area contributed by atoms with Gasteiger partial charge in [-0.1, -0.05) is 0 Å². The maximum Gasteiger partial charge on any atom is 0.244 e. The number of hydrogen-bond acceptors (Lipinski definition) is 3. The van der Waals surface area contributed by atoms with Gasteiger partial charge in [-0.05, 0) is 13.0 Å². The van der Waals surface area contributed by atoms with E-state index < -0.39 is 10.0 Å².